The Kier molecular flexibility index (Phi) is 3.89. The van der Waals surface area contributed by atoms with Gasteiger partial charge in [0.25, 0.3) is 0 Å². The smallest absolute Gasteiger partial charge is 0.221 e. The van der Waals surface area contributed by atoms with Gasteiger partial charge in [0.05, 0.1) is 5.60 Å². The number of hydrogen-bond acceptors (Lipinski definition) is 3. The van der Waals surface area contributed by atoms with Crippen LogP contribution in [0.5, 0.6) is 0 Å². The molecule has 1 amide bonds. The highest BCUT2D eigenvalue weighted by molar-refractivity contribution is 5.76. The number of methoxy groups -OCH3 is 1. The first kappa shape index (κ1) is 11.5. The molecule has 3 N–H and O–H groups in total. The molecule has 0 heterocycles. The van der Waals surface area contributed by atoms with Crippen molar-refractivity contribution in [3.8, 4) is 0 Å². The Balaban J connectivity index is 2.17. The van der Waals surface area contributed by atoms with E-state index in [1.807, 2.05) is 6.92 Å². The van der Waals surface area contributed by atoms with Crippen molar-refractivity contribution in [3.05, 3.63) is 0 Å². The monoisotopic (exact) mass is 200 g/mol. The van der Waals surface area contributed by atoms with E-state index in [0.29, 0.717) is 6.54 Å². The van der Waals surface area contributed by atoms with Crippen LogP contribution in [0.4, 0.5) is 0 Å². The zero-order valence-electron chi connectivity index (χ0n) is 9.01. The van der Waals surface area contributed by atoms with E-state index in [2.05, 4.69) is 5.32 Å². The summed E-state index contributed by atoms with van der Waals surface area (Å²) in [6, 6.07) is 0. The first-order valence-electron chi connectivity index (χ1n) is 5.15. The van der Waals surface area contributed by atoms with E-state index in [9.17, 15) is 4.79 Å². The Labute approximate surface area is 85.2 Å². The molecule has 0 saturated heterocycles. The Bertz CT molecular complexity index is 197. The van der Waals surface area contributed by atoms with Gasteiger partial charge in [-0.25, -0.2) is 0 Å². The quantitative estimate of drug-likeness (QED) is 0.646. The zero-order chi connectivity index (χ0) is 10.6. The summed E-state index contributed by atoms with van der Waals surface area (Å²) >= 11 is 0. The number of nitrogens with one attached hydrogen (secondary N) is 1. The van der Waals surface area contributed by atoms with Crippen molar-refractivity contribution in [2.75, 3.05) is 20.2 Å². The van der Waals surface area contributed by atoms with Crippen molar-refractivity contribution < 1.29 is 9.53 Å². The van der Waals surface area contributed by atoms with E-state index in [-0.39, 0.29) is 17.4 Å². The molecule has 0 aromatic carbocycles. The second-order valence-corrected chi connectivity index (χ2v) is 4.18. The molecule has 1 fully saturated rings. The number of nitrogens with two attached hydrogens (primary N) is 1. The van der Waals surface area contributed by atoms with Crippen LogP contribution in [0.25, 0.3) is 0 Å². The lowest BCUT2D eigenvalue weighted by atomic mass is 9.80. The van der Waals surface area contributed by atoms with Gasteiger partial charge >= 0.3 is 0 Å². The maximum absolute atomic E-state index is 10.8. The Hall–Kier alpha value is -0.610. The lowest BCUT2D eigenvalue weighted by molar-refractivity contribution is -0.121. The van der Waals surface area contributed by atoms with Crippen molar-refractivity contribution in [1.29, 1.82) is 0 Å². The maximum Gasteiger partial charge on any atom is 0.221 e. The number of carbonyl (C=O) groups excluding carboxylic acids is 1. The number of ether oxygens (including phenoxy) is 1. The predicted octanol–water partition coefficient (Wildman–Crippen LogP) is 0.267. The zero-order valence-corrected chi connectivity index (χ0v) is 9.01. The highest BCUT2D eigenvalue weighted by Crippen LogP contribution is 2.34. The average Bonchev–Trinajstić information content (AvgIpc) is 2.09. The molecule has 1 aliphatic rings. The van der Waals surface area contributed by atoms with Gasteiger partial charge in [-0.2, -0.15) is 0 Å². The second kappa shape index (κ2) is 4.75. The van der Waals surface area contributed by atoms with Gasteiger partial charge in [0.2, 0.25) is 5.91 Å². The molecule has 0 bridgehead atoms. The molecule has 0 aromatic heterocycles. The number of amides is 1. The van der Waals surface area contributed by atoms with Crippen LogP contribution in [0.2, 0.25) is 0 Å². The van der Waals surface area contributed by atoms with Crippen LogP contribution in [-0.4, -0.2) is 31.7 Å². The van der Waals surface area contributed by atoms with E-state index in [1.54, 1.807) is 7.11 Å². The van der Waals surface area contributed by atoms with Gasteiger partial charge in [-0.3, -0.25) is 4.79 Å². The summed E-state index contributed by atoms with van der Waals surface area (Å²) in [7, 11) is 1.75. The summed E-state index contributed by atoms with van der Waals surface area (Å²) in [4.78, 5) is 10.8. The first-order chi connectivity index (χ1) is 6.59. The molecule has 4 heteroatoms. The van der Waals surface area contributed by atoms with Gasteiger partial charge in [0.15, 0.2) is 0 Å². The van der Waals surface area contributed by atoms with E-state index < -0.39 is 0 Å². The van der Waals surface area contributed by atoms with Crippen LogP contribution in [-0.2, 0) is 9.53 Å². The van der Waals surface area contributed by atoms with E-state index >= 15 is 0 Å². The van der Waals surface area contributed by atoms with Gasteiger partial charge in [-0.1, -0.05) is 6.92 Å². The first-order valence-corrected chi connectivity index (χ1v) is 5.15. The van der Waals surface area contributed by atoms with Crippen LogP contribution >= 0.6 is 0 Å². The standard InChI is InChI=1S/C10H20N2O2/c1-8(9(11)13)6-12-7-10(14-2)4-3-5-10/h8,12H,3-7H2,1-2H3,(H2,11,13). The van der Waals surface area contributed by atoms with Crippen molar-refractivity contribution >= 4 is 5.91 Å². The summed E-state index contributed by atoms with van der Waals surface area (Å²) in [6.45, 7) is 3.29. The number of rotatable bonds is 6. The molecule has 0 aromatic rings. The summed E-state index contributed by atoms with van der Waals surface area (Å²) in [5, 5.41) is 3.23. The Morgan fingerprint density at radius 3 is 2.64 bits per heavy atom. The normalized spacial score (nSPS) is 21.3. The van der Waals surface area contributed by atoms with Crippen LogP contribution in [0, 0.1) is 5.92 Å². The minimum Gasteiger partial charge on any atom is -0.377 e. The lowest BCUT2D eigenvalue weighted by Crippen LogP contribution is -2.49. The van der Waals surface area contributed by atoms with Crippen molar-refractivity contribution in [3.63, 3.8) is 0 Å². The molecule has 0 radical (unpaired) electrons. The van der Waals surface area contributed by atoms with E-state index in [4.69, 9.17) is 10.5 Å². The minimum atomic E-state index is -0.252. The largest absolute Gasteiger partial charge is 0.377 e. The second-order valence-electron chi connectivity index (χ2n) is 4.18. The molecular formula is C10H20N2O2. The third-order valence-corrected chi connectivity index (χ3v) is 3.08. The third kappa shape index (κ3) is 2.69. The SMILES string of the molecule is COC1(CNCC(C)C(N)=O)CCC1. The molecule has 0 spiro atoms. The summed E-state index contributed by atoms with van der Waals surface area (Å²) < 4.78 is 5.44. The molecule has 1 rings (SSSR count). The summed E-state index contributed by atoms with van der Waals surface area (Å²) in [5.41, 5.74) is 5.18. The number of primary amides is 1. The van der Waals surface area contributed by atoms with Gasteiger partial charge in [-0.05, 0) is 19.3 Å². The molecule has 1 saturated carbocycles. The Morgan fingerprint density at radius 2 is 2.29 bits per heavy atom. The van der Waals surface area contributed by atoms with Crippen molar-refractivity contribution in [2.24, 2.45) is 11.7 Å². The maximum atomic E-state index is 10.8. The molecule has 14 heavy (non-hydrogen) atoms. The summed E-state index contributed by atoms with van der Waals surface area (Å²) in [5.74, 6) is -0.360. The topological polar surface area (TPSA) is 64.3 Å². The molecule has 4 nitrogen and oxygen atoms in total. The van der Waals surface area contributed by atoms with Crippen LogP contribution in [0.1, 0.15) is 26.2 Å². The lowest BCUT2D eigenvalue weighted by Gasteiger charge is -2.40. The average molecular weight is 200 g/mol. The van der Waals surface area contributed by atoms with E-state index in [1.165, 1.54) is 6.42 Å². The van der Waals surface area contributed by atoms with Gasteiger partial charge in [0, 0.05) is 26.1 Å². The van der Waals surface area contributed by atoms with Gasteiger partial charge in [-0.15, -0.1) is 0 Å². The minimum absolute atomic E-state index is 0.0252. The van der Waals surface area contributed by atoms with Crippen molar-refractivity contribution in [1.82, 2.24) is 5.32 Å². The van der Waals surface area contributed by atoms with Gasteiger partial charge in [0.1, 0.15) is 0 Å². The molecule has 82 valence electrons. The highest BCUT2D eigenvalue weighted by Gasteiger charge is 2.36. The fourth-order valence-corrected chi connectivity index (χ4v) is 1.64. The highest BCUT2D eigenvalue weighted by atomic mass is 16.5. The summed E-state index contributed by atoms with van der Waals surface area (Å²) in [6.07, 6.45) is 3.46. The molecule has 1 unspecified atom stereocenters. The number of hydrogen-bond donors (Lipinski definition) is 2. The van der Waals surface area contributed by atoms with Gasteiger partial charge < -0.3 is 15.8 Å². The predicted molar refractivity (Wildman–Crippen MR) is 54.8 cm³/mol. The van der Waals surface area contributed by atoms with E-state index in [0.717, 1.165) is 19.4 Å². The molecule has 0 aliphatic heterocycles. The van der Waals surface area contributed by atoms with Crippen LogP contribution < -0.4 is 11.1 Å². The van der Waals surface area contributed by atoms with Crippen LogP contribution in [0.3, 0.4) is 0 Å². The van der Waals surface area contributed by atoms with Crippen molar-refractivity contribution in [2.45, 2.75) is 31.8 Å². The molecule has 1 aliphatic carbocycles. The molecular weight excluding hydrogens is 180 g/mol. The molecule has 1 atom stereocenters. The number of carbonyl (C=O) groups is 1. The fourth-order valence-electron chi connectivity index (χ4n) is 1.64. The third-order valence-electron chi connectivity index (χ3n) is 3.08. The van der Waals surface area contributed by atoms with Crippen LogP contribution in [0.15, 0.2) is 0 Å². The fraction of sp³-hybridized carbons (Fsp3) is 0.900. The Morgan fingerprint density at radius 1 is 1.64 bits per heavy atom.